The monoisotopic (exact) mass is 493 g/mol. The molecular formula is C26H28FN5O4. The van der Waals surface area contributed by atoms with Gasteiger partial charge in [-0.15, -0.1) is 5.10 Å². The predicted octanol–water partition coefficient (Wildman–Crippen LogP) is 2.26. The summed E-state index contributed by atoms with van der Waals surface area (Å²) in [7, 11) is 0. The van der Waals surface area contributed by atoms with Crippen molar-refractivity contribution in [2.75, 3.05) is 24.5 Å². The van der Waals surface area contributed by atoms with Crippen LogP contribution in [0, 0.1) is 5.82 Å². The van der Waals surface area contributed by atoms with Gasteiger partial charge in [-0.3, -0.25) is 9.78 Å². The lowest BCUT2D eigenvalue weighted by Crippen LogP contribution is -2.51. The summed E-state index contributed by atoms with van der Waals surface area (Å²) in [5.74, 6) is 0.409. The number of nitrogens with zero attached hydrogens (tertiary/aromatic N) is 4. The number of nitrogens with one attached hydrogen (secondary N) is 1. The first-order valence-electron chi connectivity index (χ1n) is 12.0. The van der Waals surface area contributed by atoms with Gasteiger partial charge in [0.15, 0.2) is 5.82 Å². The van der Waals surface area contributed by atoms with Crippen LogP contribution in [0.15, 0.2) is 54.9 Å². The fourth-order valence-electron chi connectivity index (χ4n) is 4.85. The van der Waals surface area contributed by atoms with Gasteiger partial charge in [0.1, 0.15) is 17.2 Å². The zero-order chi connectivity index (χ0) is 25.1. The largest absolute Gasteiger partial charge is 0.487 e. The van der Waals surface area contributed by atoms with E-state index in [1.165, 1.54) is 6.07 Å². The Hall–Kier alpha value is -3.63. The number of ether oxygens (including phenoxy) is 1. The summed E-state index contributed by atoms with van der Waals surface area (Å²) in [4.78, 5) is 18.3. The van der Waals surface area contributed by atoms with Crippen molar-refractivity contribution in [2.45, 2.75) is 43.5 Å². The number of amides is 1. The van der Waals surface area contributed by atoms with Crippen LogP contribution in [0.2, 0.25) is 0 Å². The third kappa shape index (κ3) is 5.14. The maximum absolute atomic E-state index is 14.1. The highest BCUT2D eigenvalue weighted by atomic mass is 19.1. The molecule has 3 aromatic rings. The normalized spacial score (nSPS) is 19.3. The van der Waals surface area contributed by atoms with Crippen LogP contribution in [-0.2, 0) is 11.2 Å². The van der Waals surface area contributed by atoms with E-state index >= 15 is 0 Å². The van der Waals surface area contributed by atoms with Gasteiger partial charge < -0.3 is 25.2 Å². The van der Waals surface area contributed by atoms with Crippen LogP contribution in [0.5, 0.6) is 5.75 Å². The molecule has 2 aromatic heterocycles. The van der Waals surface area contributed by atoms with Crippen molar-refractivity contribution in [3.05, 3.63) is 77.5 Å². The number of piperidine rings is 1. The van der Waals surface area contributed by atoms with Gasteiger partial charge in [-0.05, 0) is 30.3 Å². The zero-order valence-corrected chi connectivity index (χ0v) is 19.7. The number of anilines is 1. The Labute approximate surface area is 208 Å². The highest BCUT2D eigenvalue weighted by Gasteiger charge is 2.44. The van der Waals surface area contributed by atoms with E-state index in [1.54, 1.807) is 42.7 Å². The minimum atomic E-state index is -0.891. The second-order valence-electron chi connectivity index (χ2n) is 9.31. The Balaban J connectivity index is 1.13. The number of halogens is 1. The minimum absolute atomic E-state index is 0.0534. The molecule has 2 unspecified atom stereocenters. The molecule has 4 heterocycles. The van der Waals surface area contributed by atoms with Crippen LogP contribution >= 0.6 is 0 Å². The number of benzene rings is 1. The summed E-state index contributed by atoms with van der Waals surface area (Å²) in [6.45, 7) is 1.38. The molecule has 188 valence electrons. The van der Waals surface area contributed by atoms with Gasteiger partial charge in [0.25, 0.3) is 0 Å². The van der Waals surface area contributed by atoms with E-state index in [1.807, 2.05) is 6.07 Å². The molecule has 0 saturated carbocycles. The molecule has 1 fully saturated rings. The van der Waals surface area contributed by atoms with Crippen molar-refractivity contribution in [1.82, 2.24) is 20.5 Å². The van der Waals surface area contributed by atoms with Crippen LogP contribution in [0.3, 0.4) is 0 Å². The standard InChI is InChI=1S/C26H28FN5O4/c27-19-4-1-5-22-25(19)20(33)14-26(36-22)8-11-32(12-9-26)23-7-6-18(30-31-23)13-24(35)29-16-21(34)17-3-2-10-28-15-17/h1-7,10,15,20-21,33-34H,8-9,11-14,16H2,(H,29,35). The van der Waals surface area contributed by atoms with Crippen molar-refractivity contribution in [2.24, 2.45) is 0 Å². The van der Waals surface area contributed by atoms with Gasteiger partial charge in [-0.1, -0.05) is 12.1 Å². The second-order valence-corrected chi connectivity index (χ2v) is 9.31. The summed E-state index contributed by atoms with van der Waals surface area (Å²) in [5, 5.41) is 31.9. The number of rotatable bonds is 6. The van der Waals surface area contributed by atoms with Crippen LogP contribution < -0.4 is 15.0 Å². The molecule has 9 nitrogen and oxygen atoms in total. The number of aliphatic hydroxyl groups excluding tert-OH is 2. The number of hydrogen-bond acceptors (Lipinski definition) is 8. The summed E-state index contributed by atoms with van der Waals surface area (Å²) < 4.78 is 20.3. The molecule has 10 heteroatoms. The van der Waals surface area contributed by atoms with Gasteiger partial charge in [0, 0.05) is 56.9 Å². The Kier molecular flexibility index (Phi) is 6.80. The molecule has 36 heavy (non-hydrogen) atoms. The van der Waals surface area contributed by atoms with E-state index in [0.717, 1.165) is 0 Å². The molecule has 1 spiro atoms. The van der Waals surface area contributed by atoms with Crippen molar-refractivity contribution >= 4 is 11.7 Å². The molecule has 0 radical (unpaired) electrons. The van der Waals surface area contributed by atoms with E-state index in [-0.39, 0.29) is 24.4 Å². The molecule has 5 rings (SSSR count). The molecule has 3 N–H and O–H groups in total. The lowest BCUT2D eigenvalue weighted by atomic mass is 9.81. The number of carbonyl (C=O) groups is 1. The molecule has 2 aliphatic heterocycles. The van der Waals surface area contributed by atoms with E-state index < -0.39 is 23.6 Å². The fraction of sp³-hybridized carbons (Fsp3) is 0.385. The Morgan fingerprint density at radius 3 is 2.75 bits per heavy atom. The number of carbonyl (C=O) groups excluding carboxylic acids is 1. The first kappa shape index (κ1) is 24.1. The minimum Gasteiger partial charge on any atom is -0.487 e. The molecular weight excluding hydrogens is 465 g/mol. The van der Waals surface area contributed by atoms with Gasteiger partial charge in [-0.2, -0.15) is 5.10 Å². The highest BCUT2D eigenvalue weighted by Crippen LogP contribution is 2.45. The van der Waals surface area contributed by atoms with Gasteiger partial charge in [0.2, 0.25) is 5.91 Å². The highest BCUT2D eigenvalue weighted by molar-refractivity contribution is 5.78. The average Bonchev–Trinajstić information content (AvgIpc) is 2.88. The van der Waals surface area contributed by atoms with Crippen LogP contribution in [-0.4, -0.2) is 56.5 Å². The quantitative estimate of drug-likeness (QED) is 0.478. The molecule has 1 amide bonds. The lowest BCUT2D eigenvalue weighted by Gasteiger charge is -2.46. The van der Waals surface area contributed by atoms with E-state index in [9.17, 15) is 19.4 Å². The van der Waals surface area contributed by atoms with Crippen molar-refractivity contribution < 1.29 is 24.1 Å². The molecule has 0 bridgehead atoms. The Morgan fingerprint density at radius 2 is 2.03 bits per heavy atom. The number of hydrogen-bond donors (Lipinski definition) is 3. The van der Waals surface area contributed by atoms with Crippen LogP contribution in [0.25, 0.3) is 0 Å². The smallest absolute Gasteiger partial charge is 0.226 e. The first-order chi connectivity index (χ1) is 17.4. The van der Waals surface area contributed by atoms with E-state index in [4.69, 9.17) is 4.74 Å². The average molecular weight is 494 g/mol. The van der Waals surface area contributed by atoms with E-state index in [2.05, 4.69) is 25.4 Å². The zero-order valence-electron chi connectivity index (χ0n) is 19.7. The molecule has 1 aromatic carbocycles. The summed E-state index contributed by atoms with van der Waals surface area (Å²) in [6, 6.07) is 11.7. The molecule has 2 aliphatic rings. The summed E-state index contributed by atoms with van der Waals surface area (Å²) >= 11 is 0. The van der Waals surface area contributed by atoms with E-state index in [0.29, 0.717) is 55.2 Å². The maximum Gasteiger partial charge on any atom is 0.226 e. The molecule has 1 saturated heterocycles. The second kappa shape index (κ2) is 10.2. The summed E-state index contributed by atoms with van der Waals surface area (Å²) in [6.07, 6.45) is 3.18. The SMILES string of the molecule is O=C(Cc1ccc(N2CCC3(CC2)CC(O)c2c(F)cccc2O3)nn1)NCC(O)c1cccnc1. The predicted molar refractivity (Wildman–Crippen MR) is 129 cm³/mol. The van der Waals surface area contributed by atoms with Crippen molar-refractivity contribution in [3.63, 3.8) is 0 Å². The van der Waals surface area contributed by atoms with Crippen molar-refractivity contribution in [1.29, 1.82) is 0 Å². The maximum atomic E-state index is 14.1. The molecule has 2 atom stereocenters. The third-order valence-corrected chi connectivity index (χ3v) is 6.85. The van der Waals surface area contributed by atoms with Gasteiger partial charge in [0.05, 0.1) is 29.9 Å². The van der Waals surface area contributed by atoms with Gasteiger partial charge in [-0.25, -0.2) is 4.39 Å². The third-order valence-electron chi connectivity index (χ3n) is 6.85. The summed E-state index contributed by atoms with van der Waals surface area (Å²) in [5.41, 5.74) is 0.859. The number of pyridine rings is 1. The fourth-order valence-corrected chi connectivity index (χ4v) is 4.85. The number of aliphatic hydroxyl groups is 2. The van der Waals surface area contributed by atoms with Crippen LogP contribution in [0.4, 0.5) is 10.2 Å². The number of aromatic nitrogens is 3. The van der Waals surface area contributed by atoms with Crippen LogP contribution in [0.1, 0.15) is 48.3 Å². The molecule has 0 aliphatic carbocycles. The Bertz CT molecular complexity index is 1200. The Morgan fingerprint density at radius 1 is 1.19 bits per heavy atom. The first-order valence-corrected chi connectivity index (χ1v) is 12.0. The topological polar surface area (TPSA) is 121 Å². The number of fused-ring (bicyclic) bond motifs is 1. The van der Waals surface area contributed by atoms with Crippen molar-refractivity contribution in [3.8, 4) is 5.75 Å². The van der Waals surface area contributed by atoms with Gasteiger partial charge >= 0.3 is 0 Å². The lowest BCUT2D eigenvalue weighted by molar-refractivity contribution is -0.121.